The van der Waals surface area contributed by atoms with Crippen LogP contribution in [0.25, 0.3) is 0 Å². The smallest absolute Gasteiger partial charge is 0.252 e. The van der Waals surface area contributed by atoms with Crippen LogP contribution in [0, 0.1) is 6.92 Å². The summed E-state index contributed by atoms with van der Waals surface area (Å²) in [5.74, 6) is 0.0218. The van der Waals surface area contributed by atoms with Crippen LogP contribution in [-0.4, -0.2) is 12.5 Å². The molecule has 0 atom stereocenters. The molecule has 1 rings (SSSR count). The molecule has 0 aliphatic heterocycles. The first-order valence-electron chi connectivity index (χ1n) is 8.19. The monoisotopic (exact) mass is 353 g/mol. The topological polar surface area (TPSA) is 29.1 Å². The van der Waals surface area contributed by atoms with E-state index in [1.165, 1.54) is 44.9 Å². The number of carbonyl (C=O) groups excluding carboxylic acids is 1. The van der Waals surface area contributed by atoms with Gasteiger partial charge in [0, 0.05) is 11.0 Å². The highest BCUT2D eigenvalue weighted by Crippen LogP contribution is 2.18. The minimum absolute atomic E-state index is 0.0218. The van der Waals surface area contributed by atoms with E-state index in [2.05, 4.69) is 28.2 Å². The van der Waals surface area contributed by atoms with Gasteiger partial charge in [-0.1, -0.05) is 63.5 Å². The first kappa shape index (κ1) is 18.2. The molecule has 1 N–H and O–H groups in total. The van der Waals surface area contributed by atoms with E-state index in [4.69, 9.17) is 0 Å². The molecule has 0 radical (unpaired) electrons. The molecule has 1 aromatic rings. The minimum Gasteiger partial charge on any atom is -0.352 e. The van der Waals surface area contributed by atoms with Gasteiger partial charge in [0.15, 0.2) is 0 Å². The summed E-state index contributed by atoms with van der Waals surface area (Å²) in [4.78, 5) is 12.1. The van der Waals surface area contributed by atoms with Gasteiger partial charge in [-0.15, -0.1) is 0 Å². The van der Waals surface area contributed by atoms with E-state index in [0.717, 1.165) is 28.6 Å². The van der Waals surface area contributed by atoms with E-state index in [1.54, 1.807) is 0 Å². The predicted octanol–water partition coefficient (Wildman–Crippen LogP) is 5.63. The van der Waals surface area contributed by atoms with E-state index >= 15 is 0 Å². The van der Waals surface area contributed by atoms with Gasteiger partial charge in [0.05, 0.1) is 5.56 Å². The average Bonchev–Trinajstić information content (AvgIpc) is 2.48. The Morgan fingerprint density at radius 2 is 1.67 bits per heavy atom. The molecule has 0 heterocycles. The van der Waals surface area contributed by atoms with Gasteiger partial charge in [0.25, 0.3) is 5.91 Å². The van der Waals surface area contributed by atoms with Gasteiger partial charge in [0.1, 0.15) is 0 Å². The van der Waals surface area contributed by atoms with E-state index in [-0.39, 0.29) is 5.91 Å². The highest BCUT2D eigenvalue weighted by Gasteiger charge is 2.09. The Labute approximate surface area is 137 Å². The number of halogens is 1. The van der Waals surface area contributed by atoms with Crippen LogP contribution in [0.1, 0.15) is 74.2 Å². The van der Waals surface area contributed by atoms with Gasteiger partial charge in [-0.3, -0.25) is 4.79 Å². The van der Waals surface area contributed by atoms with Crippen molar-refractivity contribution in [3.05, 3.63) is 33.8 Å². The molecule has 2 nitrogen and oxygen atoms in total. The number of amides is 1. The highest BCUT2D eigenvalue weighted by molar-refractivity contribution is 9.10. The Hall–Kier alpha value is -0.830. The molecule has 1 amide bonds. The number of aryl methyl sites for hydroxylation is 1. The van der Waals surface area contributed by atoms with Crippen LogP contribution in [0.3, 0.4) is 0 Å². The summed E-state index contributed by atoms with van der Waals surface area (Å²) in [6.07, 6.45) is 10.3. The van der Waals surface area contributed by atoms with Crippen molar-refractivity contribution >= 4 is 21.8 Å². The second-order valence-corrected chi connectivity index (χ2v) is 6.57. The molecule has 0 aromatic heterocycles. The van der Waals surface area contributed by atoms with Crippen molar-refractivity contribution in [3.63, 3.8) is 0 Å². The molecule has 0 aliphatic carbocycles. The van der Waals surface area contributed by atoms with E-state index in [0.29, 0.717) is 0 Å². The van der Waals surface area contributed by atoms with Crippen molar-refractivity contribution in [2.75, 3.05) is 6.54 Å². The third-order valence-electron chi connectivity index (χ3n) is 3.68. The standard InChI is InChI=1S/C18H28BrNO/c1-3-4-5-6-7-8-9-10-13-20-18(21)16-14-15(2)11-12-17(16)19/h11-12,14H,3-10,13H2,1-2H3,(H,20,21). The fourth-order valence-electron chi connectivity index (χ4n) is 2.37. The molecular formula is C18H28BrNO. The maximum atomic E-state index is 12.1. The Bertz CT molecular complexity index is 431. The van der Waals surface area contributed by atoms with Crippen molar-refractivity contribution in [2.24, 2.45) is 0 Å². The second-order valence-electron chi connectivity index (χ2n) is 5.71. The predicted molar refractivity (Wildman–Crippen MR) is 93.8 cm³/mol. The molecule has 0 unspecified atom stereocenters. The SMILES string of the molecule is CCCCCCCCCCNC(=O)c1cc(C)ccc1Br. The van der Waals surface area contributed by atoms with Crippen molar-refractivity contribution in [2.45, 2.75) is 65.2 Å². The van der Waals surface area contributed by atoms with Crippen LogP contribution in [0.15, 0.2) is 22.7 Å². The molecular weight excluding hydrogens is 326 g/mol. The fourth-order valence-corrected chi connectivity index (χ4v) is 2.80. The summed E-state index contributed by atoms with van der Waals surface area (Å²) in [5, 5.41) is 3.01. The van der Waals surface area contributed by atoms with Gasteiger partial charge in [-0.2, -0.15) is 0 Å². The number of hydrogen-bond acceptors (Lipinski definition) is 1. The molecule has 0 saturated carbocycles. The van der Waals surface area contributed by atoms with Crippen molar-refractivity contribution in [3.8, 4) is 0 Å². The number of nitrogens with one attached hydrogen (secondary N) is 1. The Balaban J connectivity index is 2.12. The van der Waals surface area contributed by atoms with Gasteiger partial charge in [0.2, 0.25) is 0 Å². The van der Waals surface area contributed by atoms with Gasteiger partial charge < -0.3 is 5.32 Å². The van der Waals surface area contributed by atoms with E-state index < -0.39 is 0 Å². The zero-order valence-corrected chi connectivity index (χ0v) is 15.0. The first-order valence-corrected chi connectivity index (χ1v) is 8.98. The third-order valence-corrected chi connectivity index (χ3v) is 4.37. The molecule has 0 fully saturated rings. The number of rotatable bonds is 10. The fraction of sp³-hybridized carbons (Fsp3) is 0.611. The van der Waals surface area contributed by atoms with Crippen molar-refractivity contribution in [1.82, 2.24) is 5.32 Å². The maximum absolute atomic E-state index is 12.1. The molecule has 0 spiro atoms. The Morgan fingerprint density at radius 3 is 2.33 bits per heavy atom. The lowest BCUT2D eigenvalue weighted by atomic mass is 10.1. The molecule has 0 aliphatic rings. The summed E-state index contributed by atoms with van der Waals surface area (Å²) >= 11 is 3.43. The summed E-state index contributed by atoms with van der Waals surface area (Å²) in [6, 6.07) is 5.85. The third kappa shape index (κ3) is 7.66. The molecule has 21 heavy (non-hydrogen) atoms. The molecule has 0 saturated heterocycles. The van der Waals surface area contributed by atoms with E-state index in [9.17, 15) is 4.79 Å². The Kier molecular flexibility index (Phi) is 9.40. The summed E-state index contributed by atoms with van der Waals surface area (Å²) in [6.45, 7) is 5.02. The van der Waals surface area contributed by atoms with Crippen molar-refractivity contribution < 1.29 is 4.79 Å². The lowest BCUT2D eigenvalue weighted by Gasteiger charge is -2.08. The quantitative estimate of drug-likeness (QED) is 0.542. The molecule has 118 valence electrons. The average molecular weight is 354 g/mol. The van der Waals surface area contributed by atoms with Gasteiger partial charge >= 0.3 is 0 Å². The normalized spacial score (nSPS) is 10.6. The van der Waals surface area contributed by atoms with Crippen LogP contribution in [0.2, 0.25) is 0 Å². The lowest BCUT2D eigenvalue weighted by Crippen LogP contribution is -2.24. The maximum Gasteiger partial charge on any atom is 0.252 e. The van der Waals surface area contributed by atoms with E-state index in [1.807, 2.05) is 25.1 Å². The number of benzene rings is 1. The second kappa shape index (κ2) is 10.8. The molecule has 3 heteroatoms. The van der Waals surface area contributed by atoms with Gasteiger partial charge in [-0.05, 0) is 41.4 Å². The van der Waals surface area contributed by atoms with Crippen LogP contribution < -0.4 is 5.32 Å². The van der Waals surface area contributed by atoms with Gasteiger partial charge in [-0.25, -0.2) is 0 Å². The summed E-state index contributed by atoms with van der Waals surface area (Å²) in [7, 11) is 0. The molecule has 0 bridgehead atoms. The van der Waals surface area contributed by atoms with Crippen LogP contribution in [-0.2, 0) is 0 Å². The minimum atomic E-state index is 0.0218. The number of unbranched alkanes of at least 4 members (excludes halogenated alkanes) is 7. The van der Waals surface area contributed by atoms with Crippen LogP contribution in [0.4, 0.5) is 0 Å². The number of hydrogen-bond donors (Lipinski definition) is 1. The Morgan fingerprint density at radius 1 is 1.05 bits per heavy atom. The van der Waals surface area contributed by atoms with Crippen LogP contribution in [0.5, 0.6) is 0 Å². The van der Waals surface area contributed by atoms with Crippen LogP contribution >= 0.6 is 15.9 Å². The zero-order chi connectivity index (χ0) is 15.5. The highest BCUT2D eigenvalue weighted by atomic mass is 79.9. The summed E-state index contributed by atoms with van der Waals surface area (Å²) < 4.78 is 0.863. The molecule has 1 aromatic carbocycles. The lowest BCUT2D eigenvalue weighted by molar-refractivity contribution is 0.0952. The number of carbonyl (C=O) groups is 1. The zero-order valence-electron chi connectivity index (χ0n) is 13.4. The van der Waals surface area contributed by atoms with Crippen molar-refractivity contribution in [1.29, 1.82) is 0 Å². The largest absolute Gasteiger partial charge is 0.352 e. The summed E-state index contributed by atoms with van der Waals surface area (Å²) in [5.41, 5.74) is 1.84. The first-order chi connectivity index (χ1) is 10.1.